The zero-order valence-corrected chi connectivity index (χ0v) is 13.2. The van der Waals surface area contributed by atoms with Crippen molar-refractivity contribution >= 4 is 5.97 Å². The van der Waals surface area contributed by atoms with Gasteiger partial charge in [-0.25, -0.2) is 9.18 Å². The van der Waals surface area contributed by atoms with E-state index in [4.69, 9.17) is 10.5 Å². The molecule has 0 aliphatic carbocycles. The fourth-order valence-electron chi connectivity index (χ4n) is 2.55. The van der Waals surface area contributed by atoms with Crippen molar-refractivity contribution in [2.45, 2.75) is 32.8 Å². The molecule has 1 aliphatic heterocycles. The van der Waals surface area contributed by atoms with E-state index < -0.39 is 17.7 Å². The molecule has 3 N–H and O–H groups in total. The van der Waals surface area contributed by atoms with Crippen LogP contribution in [-0.4, -0.2) is 12.1 Å². The van der Waals surface area contributed by atoms with Gasteiger partial charge in [-0.05, 0) is 26.8 Å². The topological polar surface area (TPSA) is 88.1 Å². The van der Waals surface area contributed by atoms with E-state index in [0.717, 1.165) is 0 Å². The first-order chi connectivity index (χ1) is 10.9. The van der Waals surface area contributed by atoms with Gasteiger partial charge in [0.2, 0.25) is 0 Å². The Hall–Kier alpha value is -2.81. The zero-order valence-electron chi connectivity index (χ0n) is 13.2. The number of dihydropyridines is 1. The maximum atomic E-state index is 14.3. The van der Waals surface area contributed by atoms with Crippen LogP contribution < -0.4 is 11.1 Å². The number of hydrogen-bond acceptors (Lipinski definition) is 5. The fraction of sp³-hybridized carbons (Fsp3) is 0.294. The molecule has 1 aromatic carbocycles. The molecular weight excluding hydrogens is 297 g/mol. The average molecular weight is 315 g/mol. The van der Waals surface area contributed by atoms with Gasteiger partial charge < -0.3 is 15.8 Å². The number of rotatable bonds is 3. The lowest BCUT2D eigenvalue weighted by Gasteiger charge is -2.28. The third-order valence-corrected chi connectivity index (χ3v) is 3.49. The smallest absolute Gasteiger partial charge is 0.337 e. The van der Waals surface area contributed by atoms with Gasteiger partial charge in [-0.2, -0.15) is 5.26 Å². The van der Waals surface area contributed by atoms with Crippen LogP contribution in [0.3, 0.4) is 0 Å². The predicted molar refractivity (Wildman–Crippen MR) is 83.0 cm³/mol. The van der Waals surface area contributed by atoms with Crippen LogP contribution in [-0.2, 0) is 9.53 Å². The number of nitrogens with zero attached hydrogens (tertiary/aromatic N) is 1. The van der Waals surface area contributed by atoms with Gasteiger partial charge >= 0.3 is 5.97 Å². The van der Waals surface area contributed by atoms with Crippen LogP contribution >= 0.6 is 0 Å². The lowest BCUT2D eigenvalue weighted by atomic mass is 9.81. The summed E-state index contributed by atoms with van der Waals surface area (Å²) in [6.07, 6.45) is -0.335. The summed E-state index contributed by atoms with van der Waals surface area (Å²) in [7, 11) is 0. The number of allylic oxidation sites excluding steroid dienone is 2. The minimum absolute atomic E-state index is 0.0939. The van der Waals surface area contributed by atoms with Crippen LogP contribution in [0.25, 0.3) is 0 Å². The number of carbonyl (C=O) groups is 1. The minimum atomic E-state index is -0.895. The van der Waals surface area contributed by atoms with Crippen molar-refractivity contribution in [2.24, 2.45) is 5.73 Å². The Kier molecular flexibility index (Phi) is 4.70. The average Bonchev–Trinajstić information content (AvgIpc) is 2.46. The highest BCUT2D eigenvalue weighted by molar-refractivity contribution is 5.93. The van der Waals surface area contributed by atoms with Crippen molar-refractivity contribution in [1.29, 1.82) is 5.26 Å². The summed E-state index contributed by atoms with van der Waals surface area (Å²) >= 11 is 0. The Morgan fingerprint density at radius 1 is 1.43 bits per heavy atom. The van der Waals surface area contributed by atoms with Crippen molar-refractivity contribution < 1.29 is 13.9 Å². The van der Waals surface area contributed by atoms with E-state index in [1.807, 2.05) is 6.07 Å². The van der Waals surface area contributed by atoms with Gasteiger partial charge in [-0.15, -0.1) is 0 Å². The summed E-state index contributed by atoms with van der Waals surface area (Å²) in [6.45, 7) is 5.08. The second kappa shape index (κ2) is 6.53. The molecule has 0 saturated carbocycles. The molecule has 1 unspecified atom stereocenters. The summed E-state index contributed by atoms with van der Waals surface area (Å²) in [4.78, 5) is 12.5. The normalized spacial score (nSPS) is 17.8. The SMILES string of the molecule is CC1=C(C(=O)OC(C)C)C(c2ccccc2F)C(C#N)=C(N)N1. The Morgan fingerprint density at radius 3 is 2.65 bits per heavy atom. The van der Waals surface area contributed by atoms with Gasteiger partial charge in [0.15, 0.2) is 0 Å². The van der Waals surface area contributed by atoms with Crippen molar-refractivity contribution in [2.75, 3.05) is 0 Å². The maximum absolute atomic E-state index is 14.3. The number of hydrogen-bond donors (Lipinski definition) is 2. The molecule has 1 heterocycles. The lowest BCUT2D eigenvalue weighted by Crippen LogP contribution is -2.33. The number of carbonyl (C=O) groups excluding carboxylic acids is 1. The monoisotopic (exact) mass is 315 g/mol. The van der Waals surface area contributed by atoms with E-state index in [2.05, 4.69) is 5.32 Å². The number of ether oxygens (including phenoxy) is 1. The number of esters is 1. The van der Waals surface area contributed by atoms with Crippen LogP contribution in [0.5, 0.6) is 0 Å². The molecule has 1 aliphatic rings. The molecule has 1 aromatic rings. The Balaban J connectivity index is 2.63. The van der Waals surface area contributed by atoms with E-state index in [0.29, 0.717) is 5.70 Å². The van der Waals surface area contributed by atoms with Gasteiger partial charge in [-0.1, -0.05) is 18.2 Å². The first-order valence-electron chi connectivity index (χ1n) is 7.19. The van der Waals surface area contributed by atoms with E-state index >= 15 is 0 Å². The number of benzene rings is 1. The van der Waals surface area contributed by atoms with Crippen molar-refractivity contribution in [3.8, 4) is 6.07 Å². The molecule has 120 valence electrons. The molecule has 1 atom stereocenters. The Morgan fingerprint density at radius 2 is 2.09 bits per heavy atom. The third kappa shape index (κ3) is 3.19. The number of halogens is 1. The lowest BCUT2D eigenvalue weighted by molar-refractivity contribution is -0.143. The maximum Gasteiger partial charge on any atom is 0.337 e. The first-order valence-corrected chi connectivity index (χ1v) is 7.19. The first kappa shape index (κ1) is 16.6. The highest BCUT2D eigenvalue weighted by Gasteiger charge is 2.36. The molecule has 0 aromatic heterocycles. The quantitative estimate of drug-likeness (QED) is 0.836. The van der Waals surface area contributed by atoms with Gasteiger partial charge in [0.25, 0.3) is 0 Å². The molecule has 0 saturated heterocycles. The second-order valence-electron chi connectivity index (χ2n) is 5.51. The van der Waals surface area contributed by atoms with Crippen LogP contribution in [0.2, 0.25) is 0 Å². The van der Waals surface area contributed by atoms with Crippen molar-refractivity contribution in [1.82, 2.24) is 5.32 Å². The molecule has 0 bridgehead atoms. The highest BCUT2D eigenvalue weighted by Crippen LogP contribution is 2.38. The summed E-state index contributed by atoms with van der Waals surface area (Å²) in [6, 6.07) is 7.97. The van der Waals surface area contributed by atoms with E-state index in [9.17, 15) is 14.4 Å². The van der Waals surface area contributed by atoms with Gasteiger partial charge in [0.05, 0.1) is 29.2 Å². The Labute approximate surface area is 134 Å². The summed E-state index contributed by atoms with van der Waals surface area (Å²) in [5.41, 5.74) is 6.80. The standard InChI is InChI=1S/C17H18FN3O2/c1-9(2)23-17(22)14-10(3)21-16(20)12(8-19)15(14)11-6-4-5-7-13(11)18/h4-7,9,15,21H,20H2,1-3H3. The number of nitriles is 1. The fourth-order valence-corrected chi connectivity index (χ4v) is 2.55. The molecule has 23 heavy (non-hydrogen) atoms. The molecule has 0 amide bonds. The van der Waals surface area contributed by atoms with Gasteiger partial charge in [0, 0.05) is 11.3 Å². The molecule has 6 heteroatoms. The summed E-state index contributed by atoms with van der Waals surface area (Å²) in [5, 5.41) is 12.2. The zero-order chi connectivity index (χ0) is 17.1. The molecule has 0 spiro atoms. The number of nitrogens with one attached hydrogen (secondary N) is 1. The number of nitrogens with two attached hydrogens (primary N) is 1. The summed E-state index contributed by atoms with van der Waals surface area (Å²) < 4.78 is 19.5. The van der Waals surface area contributed by atoms with Crippen LogP contribution in [0.4, 0.5) is 4.39 Å². The van der Waals surface area contributed by atoms with Crippen LogP contribution in [0.15, 0.2) is 46.9 Å². The molecule has 2 rings (SSSR count). The van der Waals surface area contributed by atoms with Gasteiger partial charge in [-0.3, -0.25) is 0 Å². The minimum Gasteiger partial charge on any atom is -0.460 e. The van der Waals surface area contributed by atoms with Gasteiger partial charge in [0.1, 0.15) is 11.6 Å². The largest absolute Gasteiger partial charge is 0.460 e. The third-order valence-electron chi connectivity index (χ3n) is 3.49. The van der Waals surface area contributed by atoms with Crippen LogP contribution in [0.1, 0.15) is 32.3 Å². The van der Waals surface area contributed by atoms with E-state index in [1.54, 1.807) is 32.9 Å². The molecule has 0 fully saturated rings. The molecule has 0 radical (unpaired) electrons. The van der Waals surface area contributed by atoms with E-state index in [-0.39, 0.29) is 28.6 Å². The van der Waals surface area contributed by atoms with Crippen molar-refractivity contribution in [3.63, 3.8) is 0 Å². The van der Waals surface area contributed by atoms with Crippen LogP contribution in [0, 0.1) is 17.1 Å². The van der Waals surface area contributed by atoms with Crippen molar-refractivity contribution in [3.05, 3.63) is 58.3 Å². The second-order valence-corrected chi connectivity index (χ2v) is 5.51. The van der Waals surface area contributed by atoms with E-state index in [1.165, 1.54) is 12.1 Å². The molecular formula is C17H18FN3O2. The predicted octanol–water partition coefficient (Wildman–Crippen LogP) is 2.43. The summed E-state index contributed by atoms with van der Waals surface area (Å²) in [5.74, 6) is -1.89. The Bertz CT molecular complexity index is 744. The molecule has 5 nitrogen and oxygen atoms in total. The highest BCUT2D eigenvalue weighted by atomic mass is 19.1.